The Morgan fingerprint density at radius 3 is 2.36 bits per heavy atom. The number of nitrogens with zero attached hydrogens (tertiary/aromatic N) is 1. The van der Waals surface area contributed by atoms with E-state index in [-0.39, 0.29) is 23.5 Å². The summed E-state index contributed by atoms with van der Waals surface area (Å²) in [7, 11) is 1.55. The highest BCUT2D eigenvalue weighted by molar-refractivity contribution is 14.1. The van der Waals surface area contributed by atoms with Crippen molar-refractivity contribution in [2.75, 3.05) is 7.11 Å². The second-order valence-electron chi connectivity index (χ2n) is 7.22. The predicted molar refractivity (Wildman–Crippen MR) is 134 cm³/mol. The number of thioether (sulfide) groups is 1. The van der Waals surface area contributed by atoms with Crippen LogP contribution in [0.1, 0.15) is 16.7 Å². The summed E-state index contributed by atoms with van der Waals surface area (Å²) in [4.78, 5) is 26.6. The normalized spacial score (nSPS) is 14.8. The van der Waals surface area contributed by atoms with Gasteiger partial charge in [-0.15, -0.1) is 0 Å². The molecule has 0 aromatic heterocycles. The predicted octanol–water partition coefficient (Wildman–Crippen LogP) is 6.25. The van der Waals surface area contributed by atoms with Gasteiger partial charge >= 0.3 is 0 Å². The summed E-state index contributed by atoms with van der Waals surface area (Å²) >= 11 is 3.13. The molecule has 1 heterocycles. The van der Waals surface area contributed by atoms with Crippen LogP contribution in [0.15, 0.2) is 71.6 Å². The first-order valence-corrected chi connectivity index (χ1v) is 11.9. The van der Waals surface area contributed by atoms with Gasteiger partial charge in [0.25, 0.3) is 11.1 Å². The molecule has 4 rings (SSSR count). The summed E-state index contributed by atoms with van der Waals surface area (Å²) in [5, 5.41) is -0.361. The van der Waals surface area contributed by atoms with Gasteiger partial charge in [0.2, 0.25) is 0 Å². The molecule has 2 amide bonds. The van der Waals surface area contributed by atoms with Crippen LogP contribution < -0.4 is 9.47 Å². The van der Waals surface area contributed by atoms with Crippen molar-refractivity contribution < 1.29 is 23.5 Å². The summed E-state index contributed by atoms with van der Waals surface area (Å²) in [6.07, 6.45) is 1.65. The van der Waals surface area contributed by atoms with Crippen molar-refractivity contribution in [2.24, 2.45) is 0 Å². The van der Waals surface area contributed by atoms with Crippen molar-refractivity contribution in [3.8, 4) is 11.5 Å². The van der Waals surface area contributed by atoms with Crippen LogP contribution in [0, 0.1) is 9.39 Å². The Morgan fingerprint density at radius 2 is 1.67 bits per heavy atom. The van der Waals surface area contributed by atoms with Crippen LogP contribution in [0.2, 0.25) is 0 Å². The van der Waals surface area contributed by atoms with Gasteiger partial charge in [0.1, 0.15) is 12.4 Å². The summed E-state index contributed by atoms with van der Waals surface area (Å²) in [6.45, 7) is 0.492. The molecule has 1 fully saturated rings. The minimum absolute atomic E-state index is 0.0942. The average Bonchev–Trinajstić information content (AvgIpc) is 3.07. The van der Waals surface area contributed by atoms with E-state index >= 15 is 0 Å². The van der Waals surface area contributed by atoms with E-state index in [1.165, 1.54) is 12.1 Å². The Kier molecular flexibility index (Phi) is 7.34. The third kappa shape index (κ3) is 5.75. The van der Waals surface area contributed by atoms with Crippen LogP contribution in [-0.2, 0) is 17.9 Å². The third-order valence-corrected chi connectivity index (χ3v) is 6.55. The molecule has 0 N–H and O–H groups in total. The summed E-state index contributed by atoms with van der Waals surface area (Å²) in [5.41, 5.74) is 2.42. The number of rotatable bonds is 7. The molecule has 0 spiro atoms. The number of carbonyl (C=O) groups is 2. The molecule has 3 aromatic carbocycles. The minimum Gasteiger partial charge on any atom is -0.493 e. The molecule has 3 aromatic rings. The van der Waals surface area contributed by atoms with E-state index in [1.54, 1.807) is 43.5 Å². The molecule has 0 radical (unpaired) electrons. The van der Waals surface area contributed by atoms with Gasteiger partial charge in [-0.2, -0.15) is 0 Å². The van der Waals surface area contributed by atoms with E-state index in [9.17, 15) is 14.0 Å². The number of hydrogen-bond acceptors (Lipinski definition) is 5. The summed E-state index contributed by atoms with van der Waals surface area (Å²) in [6, 6.07) is 19.1. The van der Waals surface area contributed by atoms with Crippen molar-refractivity contribution in [3.05, 3.63) is 97.7 Å². The molecule has 0 bridgehead atoms. The average molecular weight is 575 g/mol. The minimum atomic E-state index is -0.382. The van der Waals surface area contributed by atoms with Crippen LogP contribution in [0.5, 0.6) is 11.5 Å². The zero-order valence-electron chi connectivity index (χ0n) is 17.6. The highest BCUT2D eigenvalue weighted by Crippen LogP contribution is 2.35. The second kappa shape index (κ2) is 10.4. The molecule has 0 atom stereocenters. The van der Waals surface area contributed by atoms with E-state index in [0.29, 0.717) is 34.1 Å². The van der Waals surface area contributed by atoms with E-state index in [4.69, 9.17) is 9.47 Å². The molecule has 33 heavy (non-hydrogen) atoms. The number of carbonyl (C=O) groups excluding carboxylic acids is 2. The first-order valence-electron chi connectivity index (χ1n) is 9.98. The zero-order chi connectivity index (χ0) is 23.4. The fourth-order valence-corrected chi connectivity index (χ4v) is 4.39. The number of halogens is 2. The molecular formula is C25H19FINO4S. The number of benzene rings is 3. The van der Waals surface area contributed by atoms with Crippen LogP contribution in [0.25, 0.3) is 6.08 Å². The maximum Gasteiger partial charge on any atom is 0.293 e. The van der Waals surface area contributed by atoms with Crippen molar-refractivity contribution in [1.29, 1.82) is 0 Å². The van der Waals surface area contributed by atoms with Crippen LogP contribution in [-0.4, -0.2) is 23.2 Å². The number of ether oxygens (including phenoxy) is 2. The second-order valence-corrected chi connectivity index (χ2v) is 9.46. The Morgan fingerprint density at radius 1 is 0.970 bits per heavy atom. The lowest BCUT2D eigenvalue weighted by Crippen LogP contribution is -2.27. The van der Waals surface area contributed by atoms with Crippen molar-refractivity contribution in [1.82, 2.24) is 4.90 Å². The molecule has 1 aliphatic rings. The van der Waals surface area contributed by atoms with Crippen molar-refractivity contribution in [3.63, 3.8) is 0 Å². The van der Waals surface area contributed by atoms with Crippen LogP contribution in [0.4, 0.5) is 9.18 Å². The zero-order valence-corrected chi connectivity index (χ0v) is 20.6. The maximum absolute atomic E-state index is 13.1. The first-order chi connectivity index (χ1) is 15.9. The van der Waals surface area contributed by atoms with Gasteiger partial charge < -0.3 is 9.47 Å². The van der Waals surface area contributed by atoms with Crippen LogP contribution in [0.3, 0.4) is 0 Å². The maximum atomic E-state index is 13.1. The number of hydrogen-bond donors (Lipinski definition) is 0. The van der Waals surface area contributed by atoms with E-state index in [1.807, 2.05) is 24.3 Å². The molecular weight excluding hydrogens is 556 g/mol. The lowest BCUT2D eigenvalue weighted by atomic mass is 10.1. The standard InChI is InChI=1S/C25H19FINO4S/c1-31-22-12-18(6-11-21(22)32-15-17-4-9-20(27)10-5-17)13-23-24(29)28(25(30)33-23)14-16-2-7-19(26)8-3-16/h2-13H,14-15H2,1H3/b23-13-. The molecule has 1 saturated heterocycles. The lowest BCUT2D eigenvalue weighted by Gasteiger charge is -2.12. The number of imide groups is 1. The molecule has 1 aliphatic heterocycles. The monoisotopic (exact) mass is 575 g/mol. The highest BCUT2D eigenvalue weighted by atomic mass is 127. The van der Waals surface area contributed by atoms with Gasteiger partial charge in [-0.3, -0.25) is 14.5 Å². The molecule has 168 valence electrons. The Bertz CT molecular complexity index is 1210. The van der Waals surface area contributed by atoms with Gasteiger partial charge in [-0.1, -0.05) is 30.3 Å². The topological polar surface area (TPSA) is 55.8 Å². The van der Waals surface area contributed by atoms with Crippen molar-refractivity contribution in [2.45, 2.75) is 13.2 Å². The van der Waals surface area contributed by atoms with Crippen molar-refractivity contribution >= 4 is 51.6 Å². The van der Waals surface area contributed by atoms with Gasteiger partial charge in [0.05, 0.1) is 18.6 Å². The smallest absolute Gasteiger partial charge is 0.293 e. The Balaban J connectivity index is 1.47. The summed E-state index contributed by atoms with van der Waals surface area (Å²) in [5.74, 6) is 0.359. The number of amides is 2. The lowest BCUT2D eigenvalue weighted by molar-refractivity contribution is -0.123. The Hall–Kier alpha value is -2.85. The molecule has 8 heteroatoms. The van der Waals surface area contributed by atoms with E-state index in [2.05, 4.69) is 22.6 Å². The SMILES string of the molecule is COc1cc(/C=C2\SC(=O)N(Cc3ccc(F)cc3)C2=O)ccc1OCc1ccc(I)cc1. The van der Waals surface area contributed by atoms with E-state index < -0.39 is 0 Å². The molecule has 0 aliphatic carbocycles. The summed E-state index contributed by atoms with van der Waals surface area (Å²) < 4.78 is 25.6. The third-order valence-electron chi connectivity index (χ3n) is 4.92. The van der Waals surface area contributed by atoms with Gasteiger partial charge in [-0.05, 0) is 93.5 Å². The fourth-order valence-electron chi connectivity index (χ4n) is 3.19. The van der Waals surface area contributed by atoms with Crippen LogP contribution >= 0.6 is 34.4 Å². The number of methoxy groups -OCH3 is 1. The van der Waals surface area contributed by atoms with E-state index in [0.717, 1.165) is 25.8 Å². The molecule has 0 saturated carbocycles. The largest absolute Gasteiger partial charge is 0.493 e. The fraction of sp³-hybridized carbons (Fsp3) is 0.120. The van der Waals surface area contributed by atoms with Gasteiger partial charge in [-0.25, -0.2) is 4.39 Å². The van der Waals surface area contributed by atoms with Gasteiger partial charge in [0, 0.05) is 3.57 Å². The first kappa shape index (κ1) is 23.3. The molecule has 0 unspecified atom stereocenters. The Labute approximate surface area is 208 Å². The highest BCUT2D eigenvalue weighted by Gasteiger charge is 2.35. The quantitative estimate of drug-likeness (QED) is 0.246. The van der Waals surface area contributed by atoms with Gasteiger partial charge in [0.15, 0.2) is 11.5 Å². The molecule has 5 nitrogen and oxygen atoms in total.